The van der Waals surface area contributed by atoms with Gasteiger partial charge in [-0.3, -0.25) is 4.98 Å². The molecule has 2 amide bonds. The van der Waals surface area contributed by atoms with Crippen LogP contribution >= 0.6 is 0 Å². The van der Waals surface area contributed by atoms with Gasteiger partial charge in [-0.05, 0) is 43.7 Å². The van der Waals surface area contributed by atoms with E-state index in [0.717, 1.165) is 22.6 Å². The summed E-state index contributed by atoms with van der Waals surface area (Å²) in [6, 6.07) is 11.0. The number of hydrogen-bond donors (Lipinski definition) is 2. The van der Waals surface area contributed by atoms with Crippen LogP contribution in [-0.4, -0.2) is 11.0 Å². The highest BCUT2D eigenvalue weighted by Gasteiger charge is 2.02. The molecule has 0 unspecified atom stereocenters. The minimum Gasteiger partial charge on any atom is -0.308 e. The molecule has 0 saturated carbocycles. The zero-order valence-corrected chi connectivity index (χ0v) is 10.4. The summed E-state index contributed by atoms with van der Waals surface area (Å²) in [6.07, 6.45) is 1.66. The number of carbonyl (C=O) groups is 1. The van der Waals surface area contributed by atoms with Crippen LogP contribution in [0, 0.1) is 13.8 Å². The maximum Gasteiger partial charge on any atom is 0.323 e. The third-order valence-electron chi connectivity index (χ3n) is 2.43. The second-order valence-electron chi connectivity index (χ2n) is 4.13. The van der Waals surface area contributed by atoms with Gasteiger partial charge in [0, 0.05) is 23.3 Å². The fraction of sp³-hybridized carbons (Fsp3) is 0.143. The van der Waals surface area contributed by atoms with Crippen LogP contribution < -0.4 is 10.6 Å². The molecule has 2 N–H and O–H groups in total. The molecule has 2 rings (SSSR count). The van der Waals surface area contributed by atoms with Gasteiger partial charge in [-0.2, -0.15) is 0 Å². The van der Waals surface area contributed by atoms with Crippen molar-refractivity contribution in [2.24, 2.45) is 0 Å². The van der Waals surface area contributed by atoms with Gasteiger partial charge >= 0.3 is 6.03 Å². The van der Waals surface area contributed by atoms with Gasteiger partial charge in [0.15, 0.2) is 0 Å². The lowest BCUT2D eigenvalue weighted by atomic mass is 10.2. The Morgan fingerprint density at radius 1 is 1.06 bits per heavy atom. The fourth-order valence-electron chi connectivity index (χ4n) is 1.64. The minimum atomic E-state index is -0.258. The molecule has 92 valence electrons. The first-order chi connectivity index (χ1) is 8.63. The number of aryl methyl sites for hydroxylation is 2. The van der Waals surface area contributed by atoms with E-state index in [1.54, 1.807) is 12.3 Å². The Morgan fingerprint density at radius 3 is 2.44 bits per heavy atom. The lowest BCUT2D eigenvalue weighted by Crippen LogP contribution is -2.19. The molecule has 18 heavy (non-hydrogen) atoms. The molecule has 0 fully saturated rings. The van der Waals surface area contributed by atoms with E-state index in [4.69, 9.17) is 0 Å². The van der Waals surface area contributed by atoms with Crippen molar-refractivity contribution >= 4 is 17.4 Å². The Balaban J connectivity index is 2.01. The summed E-state index contributed by atoms with van der Waals surface area (Å²) in [7, 11) is 0. The molecule has 1 heterocycles. The van der Waals surface area contributed by atoms with E-state index >= 15 is 0 Å². The van der Waals surface area contributed by atoms with Crippen LogP contribution in [0.5, 0.6) is 0 Å². The molecule has 0 spiro atoms. The van der Waals surface area contributed by atoms with Gasteiger partial charge < -0.3 is 10.6 Å². The Labute approximate surface area is 106 Å². The molecule has 0 atom stereocenters. The van der Waals surface area contributed by atoms with E-state index in [1.807, 2.05) is 44.2 Å². The number of amides is 2. The number of nitrogens with zero attached hydrogens (tertiary/aromatic N) is 1. The number of nitrogens with one attached hydrogen (secondary N) is 2. The molecule has 2 aromatic rings. The lowest BCUT2D eigenvalue weighted by molar-refractivity contribution is 0.262. The zero-order chi connectivity index (χ0) is 13.0. The van der Waals surface area contributed by atoms with Crippen molar-refractivity contribution in [3.63, 3.8) is 0 Å². The van der Waals surface area contributed by atoms with Crippen molar-refractivity contribution in [1.29, 1.82) is 0 Å². The molecule has 0 radical (unpaired) electrons. The van der Waals surface area contributed by atoms with E-state index in [2.05, 4.69) is 15.6 Å². The molecule has 4 heteroatoms. The Kier molecular flexibility index (Phi) is 3.57. The highest BCUT2D eigenvalue weighted by Crippen LogP contribution is 2.11. The van der Waals surface area contributed by atoms with E-state index in [1.165, 1.54) is 0 Å². The topological polar surface area (TPSA) is 54.0 Å². The van der Waals surface area contributed by atoms with Gasteiger partial charge in [0.25, 0.3) is 0 Å². The van der Waals surface area contributed by atoms with Crippen molar-refractivity contribution in [3.8, 4) is 0 Å². The highest BCUT2D eigenvalue weighted by molar-refractivity contribution is 5.99. The van der Waals surface area contributed by atoms with E-state index in [0.29, 0.717) is 0 Å². The van der Waals surface area contributed by atoms with Crippen molar-refractivity contribution in [1.82, 2.24) is 4.98 Å². The quantitative estimate of drug-likeness (QED) is 0.847. The van der Waals surface area contributed by atoms with Crippen LogP contribution in [-0.2, 0) is 0 Å². The number of anilines is 2. The normalized spacial score (nSPS) is 9.89. The molecule has 4 nitrogen and oxygen atoms in total. The molecule has 0 aliphatic carbocycles. The first kappa shape index (κ1) is 12.1. The minimum absolute atomic E-state index is 0.258. The maximum absolute atomic E-state index is 11.8. The van der Waals surface area contributed by atoms with Gasteiger partial charge in [-0.15, -0.1) is 0 Å². The number of carbonyl (C=O) groups excluding carboxylic acids is 1. The molecule has 1 aromatic heterocycles. The van der Waals surface area contributed by atoms with E-state index in [9.17, 15) is 4.79 Å². The summed E-state index contributed by atoms with van der Waals surface area (Å²) < 4.78 is 0. The summed E-state index contributed by atoms with van der Waals surface area (Å²) in [5.74, 6) is 0. The SMILES string of the molecule is Cc1cccc(NC(=O)Nc2ccnc(C)c2)c1. The second-order valence-corrected chi connectivity index (χ2v) is 4.13. The number of benzene rings is 1. The summed E-state index contributed by atoms with van der Waals surface area (Å²) in [4.78, 5) is 15.8. The lowest BCUT2D eigenvalue weighted by Gasteiger charge is -2.08. The zero-order valence-electron chi connectivity index (χ0n) is 10.4. The standard InChI is InChI=1S/C14H15N3O/c1-10-4-3-5-12(8-10)16-14(18)17-13-6-7-15-11(2)9-13/h3-9H,1-2H3,(H2,15,16,17,18). The predicted molar refractivity (Wildman–Crippen MR) is 72.8 cm³/mol. The first-order valence-corrected chi connectivity index (χ1v) is 5.71. The average molecular weight is 241 g/mol. The van der Waals surface area contributed by atoms with Gasteiger partial charge in [0.05, 0.1) is 0 Å². The van der Waals surface area contributed by atoms with Gasteiger partial charge in [0.1, 0.15) is 0 Å². The van der Waals surface area contributed by atoms with Crippen LogP contribution in [0.15, 0.2) is 42.6 Å². The van der Waals surface area contributed by atoms with Gasteiger partial charge in [-0.25, -0.2) is 4.79 Å². The second kappa shape index (κ2) is 5.31. The number of pyridine rings is 1. The van der Waals surface area contributed by atoms with Crippen LogP contribution in [0.2, 0.25) is 0 Å². The van der Waals surface area contributed by atoms with E-state index < -0.39 is 0 Å². The smallest absolute Gasteiger partial charge is 0.308 e. The summed E-state index contributed by atoms with van der Waals surface area (Å²) in [5, 5.41) is 5.54. The number of urea groups is 1. The van der Waals surface area contributed by atoms with Gasteiger partial charge in [-0.1, -0.05) is 12.1 Å². The van der Waals surface area contributed by atoms with Crippen molar-refractivity contribution < 1.29 is 4.79 Å². The Bertz CT molecular complexity index is 517. The molecule has 0 saturated heterocycles. The van der Waals surface area contributed by atoms with Gasteiger partial charge in [0.2, 0.25) is 0 Å². The molecular weight excluding hydrogens is 226 g/mol. The van der Waals surface area contributed by atoms with Crippen molar-refractivity contribution in [2.45, 2.75) is 13.8 Å². The molecule has 0 aliphatic rings. The highest BCUT2D eigenvalue weighted by atomic mass is 16.2. The summed E-state index contributed by atoms with van der Waals surface area (Å²) in [6.45, 7) is 3.86. The average Bonchev–Trinajstić information content (AvgIpc) is 2.28. The van der Waals surface area contributed by atoms with Crippen molar-refractivity contribution in [3.05, 3.63) is 53.9 Å². The Hall–Kier alpha value is -2.36. The number of aromatic nitrogens is 1. The summed E-state index contributed by atoms with van der Waals surface area (Å²) >= 11 is 0. The predicted octanol–water partition coefficient (Wildman–Crippen LogP) is 3.34. The Morgan fingerprint density at radius 2 is 1.78 bits per heavy atom. The molecule has 0 bridgehead atoms. The first-order valence-electron chi connectivity index (χ1n) is 5.71. The molecular formula is C14H15N3O. The third-order valence-corrected chi connectivity index (χ3v) is 2.43. The summed E-state index contributed by atoms with van der Waals surface area (Å²) in [5.41, 5.74) is 3.47. The number of rotatable bonds is 2. The molecule has 1 aromatic carbocycles. The third kappa shape index (κ3) is 3.31. The molecule has 0 aliphatic heterocycles. The van der Waals surface area contributed by atoms with Crippen LogP contribution in [0.25, 0.3) is 0 Å². The maximum atomic E-state index is 11.8. The van der Waals surface area contributed by atoms with Crippen LogP contribution in [0.1, 0.15) is 11.3 Å². The largest absolute Gasteiger partial charge is 0.323 e. The van der Waals surface area contributed by atoms with Crippen LogP contribution in [0.3, 0.4) is 0 Å². The van der Waals surface area contributed by atoms with Crippen LogP contribution in [0.4, 0.5) is 16.2 Å². The van der Waals surface area contributed by atoms with Crippen molar-refractivity contribution in [2.75, 3.05) is 10.6 Å². The monoisotopic (exact) mass is 241 g/mol. The van der Waals surface area contributed by atoms with E-state index in [-0.39, 0.29) is 6.03 Å². The fourth-order valence-corrected chi connectivity index (χ4v) is 1.64. The number of hydrogen-bond acceptors (Lipinski definition) is 2.